The Morgan fingerprint density at radius 2 is 2.00 bits per heavy atom. The highest BCUT2D eigenvalue weighted by molar-refractivity contribution is 5.73. The zero-order valence-corrected chi connectivity index (χ0v) is 11.9. The predicted octanol–water partition coefficient (Wildman–Crippen LogP) is 1.27. The van der Waals surface area contributed by atoms with E-state index in [-0.39, 0.29) is 12.3 Å². The number of likely N-dealkylation sites (tertiary alicyclic amines) is 1. The van der Waals surface area contributed by atoms with Crippen molar-refractivity contribution >= 4 is 11.9 Å². The Hall–Kier alpha value is -2.08. The lowest BCUT2D eigenvalue weighted by atomic mass is 9.88. The number of hydrogen-bond donors (Lipinski definition) is 2. The fourth-order valence-corrected chi connectivity index (χ4v) is 2.86. The number of methoxy groups -OCH3 is 1. The summed E-state index contributed by atoms with van der Waals surface area (Å²) >= 11 is 0. The molecule has 2 N–H and O–H groups in total. The topological polar surface area (TPSA) is 87.1 Å². The molecule has 1 fully saturated rings. The van der Waals surface area contributed by atoms with Crippen molar-refractivity contribution < 1.29 is 24.5 Å². The van der Waals surface area contributed by atoms with Crippen LogP contribution in [0.15, 0.2) is 24.3 Å². The van der Waals surface area contributed by atoms with Gasteiger partial charge < -0.3 is 19.8 Å². The van der Waals surface area contributed by atoms with Crippen LogP contribution >= 0.6 is 0 Å². The summed E-state index contributed by atoms with van der Waals surface area (Å²) in [5.74, 6) is -1.79. The lowest BCUT2D eigenvalue weighted by Crippen LogP contribution is -2.25. The van der Waals surface area contributed by atoms with Gasteiger partial charge in [0.15, 0.2) is 0 Å². The van der Waals surface area contributed by atoms with Gasteiger partial charge in [-0.25, -0.2) is 0 Å². The van der Waals surface area contributed by atoms with Crippen LogP contribution in [0.25, 0.3) is 0 Å². The monoisotopic (exact) mass is 293 g/mol. The van der Waals surface area contributed by atoms with E-state index in [0.29, 0.717) is 25.4 Å². The predicted molar refractivity (Wildman–Crippen MR) is 75.6 cm³/mol. The minimum atomic E-state index is -0.873. The van der Waals surface area contributed by atoms with Gasteiger partial charge in [-0.05, 0) is 11.6 Å². The average molecular weight is 293 g/mol. The Balaban J connectivity index is 2.19. The van der Waals surface area contributed by atoms with Gasteiger partial charge >= 0.3 is 11.9 Å². The summed E-state index contributed by atoms with van der Waals surface area (Å²) in [5, 5.41) is 18.2. The van der Waals surface area contributed by atoms with Crippen LogP contribution in [0.3, 0.4) is 0 Å². The normalized spacial score (nSPS) is 22.1. The third-order valence-corrected chi connectivity index (χ3v) is 3.89. The molecule has 2 atom stereocenters. The minimum Gasteiger partial charge on any atom is -0.496 e. The van der Waals surface area contributed by atoms with Crippen molar-refractivity contribution in [1.82, 2.24) is 4.90 Å². The molecule has 0 aliphatic carbocycles. The number of ether oxygens (including phenoxy) is 1. The maximum absolute atomic E-state index is 11.5. The van der Waals surface area contributed by atoms with E-state index in [1.165, 1.54) is 0 Å². The Labute approximate surface area is 122 Å². The van der Waals surface area contributed by atoms with Crippen LogP contribution in [0, 0.1) is 5.92 Å². The Morgan fingerprint density at radius 1 is 1.29 bits per heavy atom. The van der Waals surface area contributed by atoms with Gasteiger partial charge in [0, 0.05) is 25.6 Å². The average Bonchev–Trinajstić information content (AvgIpc) is 2.89. The molecular formula is C15H19NO5. The first-order chi connectivity index (χ1) is 10.0. The van der Waals surface area contributed by atoms with E-state index in [4.69, 9.17) is 9.84 Å². The van der Waals surface area contributed by atoms with Crippen LogP contribution in [0.2, 0.25) is 0 Å². The van der Waals surface area contributed by atoms with E-state index >= 15 is 0 Å². The second-order valence-corrected chi connectivity index (χ2v) is 5.20. The molecule has 6 nitrogen and oxygen atoms in total. The number of benzene rings is 1. The Morgan fingerprint density at radius 3 is 2.62 bits per heavy atom. The fourth-order valence-electron chi connectivity index (χ4n) is 2.86. The number of para-hydroxylation sites is 1. The van der Waals surface area contributed by atoms with E-state index in [1.807, 2.05) is 29.2 Å². The maximum Gasteiger partial charge on any atom is 0.308 e. The molecule has 0 amide bonds. The summed E-state index contributed by atoms with van der Waals surface area (Å²) in [5.41, 5.74) is 0.866. The second-order valence-electron chi connectivity index (χ2n) is 5.20. The van der Waals surface area contributed by atoms with Gasteiger partial charge in [0.05, 0.1) is 19.4 Å². The van der Waals surface area contributed by atoms with Crippen molar-refractivity contribution in [3.8, 4) is 5.75 Å². The molecule has 21 heavy (non-hydrogen) atoms. The van der Waals surface area contributed by atoms with Crippen molar-refractivity contribution in [2.75, 3.05) is 26.7 Å². The van der Waals surface area contributed by atoms with Crippen molar-refractivity contribution in [3.05, 3.63) is 29.8 Å². The quantitative estimate of drug-likeness (QED) is 0.821. The molecule has 114 valence electrons. The third-order valence-electron chi connectivity index (χ3n) is 3.89. The highest BCUT2D eigenvalue weighted by Gasteiger charge is 2.39. The summed E-state index contributed by atoms with van der Waals surface area (Å²) in [6, 6.07) is 7.39. The highest BCUT2D eigenvalue weighted by Crippen LogP contribution is 2.37. The Kier molecular flexibility index (Phi) is 4.80. The number of aliphatic carboxylic acids is 2. The number of rotatable bonds is 6. The van der Waals surface area contributed by atoms with Crippen molar-refractivity contribution in [2.45, 2.75) is 12.3 Å². The van der Waals surface area contributed by atoms with Crippen LogP contribution < -0.4 is 4.74 Å². The Bertz CT molecular complexity index is 531. The standard InChI is InChI=1S/C15H19NO5/c1-21-13-5-3-2-4-10(13)11-8-16(7-6-14(17)18)9-12(11)15(19)20/h2-5,11-12H,6-9H2,1H3,(H,17,18)(H,19,20)/t11-,12+/m0/s1. The van der Waals surface area contributed by atoms with E-state index < -0.39 is 17.9 Å². The molecule has 1 aliphatic heterocycles. The molecular weight excluding hydrogens is 274 g/mol. The van der Waals surface area contributed by atoms with Crippen LogP contribution in [0.5, 0.6) is 5.75 Å². The van der Waals surface area contributed by atoms with Gasteiger partial charge in [0.2, 0.25) is 0 Å². The molecule has 1 aromatic rings. The smallest absolute Gasteiger partial charge is 0.308 e. The molecule has 6 heteroatoms. The largest absolute Gasteiger partial charge is 0.496 e. The number of hydrogen-bond acceptors (Lipinski definition) is 4. The second kappa shape index (κ2) is 6.58. The van der Waals surface area contributed by atoms with Gasteiger partial charge in [-0.2, -0.15) is 0 Å². The first-order valence-electron chi connectivity index (χ1n) is 6.82. The van der Waals surface area contributed by atoms with Gasteiger partial charge in [0.1, 0.15) is 5.75 Å². The third kappa shape index (κ3) is 3.52. The van der Waals surface area contributed by atoms with E-state index in [0.717, 1.165) is 5.56 Å². The maximum atomic E-state index is 11.5. The van der Waals surface area contributed by atoms with Crippen molar-refractivity contribution in [2.24, 2.45) is 5.92 Å². The molecule has 1 aromatic carbocycles. The molecule has 0 spiro atoms. The lowest BCUT2D eigenvalue weighted by Gasteiger charge is -2.18. The van der Waals surface area contributed by atoms with Crippen molar-refractivity contribution in [1.29, 1.82) is 0 Å². The summed E-state index contributed by atoms with van der Waals surface area (Å²) in [4.78, 5) is 24.0. The zero-order valence-electron chi connectivity index (χ0n) is 11.9. The van der Waals surface area contributed by atoms with Crippen LogP contribution in [0.4, 0.5) is 0 Å². The number of carbonyl (C=O) groups is 2. The van der Waals surface area contributed by atoms with Gasteiger partial charge in [-0.1, -0.05) is 18.2 Å². The van der Waals surface area contributed by atoms with E-state index in [1.54, 1.807) is 7.11 Å². The summed E-state index contributed by atoms with van der Waals surface area (Å²) < 4.78 is 5.31. The first-order valence-corrected chi connectivity index (χ1v) is 6.82. The number of carboxylic acids is 2. The van der Waals surface area contributed by atoms with Crippen molar-refractivity contribution in [3.63, 3.8) is 0 Å². The van der Waals surface area contributed by atoms with E-state index in [9.17, 15) is 14.7 Å². The fraction of sp³-hybridized carbons (Fsp3) is 0.467. The van der Waals surface area contributed by atoms with Gasteiger partial charge in [0.25, 0.3) is 0 Å². The molecule has 1 heterocycles. The molecule has 1 saturated heterocycles. The zero-order chi connectivity index (χ0) is 15.4. The lowest BCUT2D eigenvalue weighted by molar-refractivity contribution is -0.141. The number of carboxylic acid groups (broad SMARTS) is 2. The highest BCUT2D eigenvalue weighted by atomic mass is 16.5. The molecule has 0 bridgehead atoms. The number of nitrogens with zero attached hydrogens (tertiary/aromatic N) is 1. The minimum absolute atomic E-state index is 0.0188. The molecule has 0 unspecified atom stereocenters. The van der Waals surface area contributed by atoms with Crippen LogP contribution in [-0.2, 0) is 9.59 Å². The summed E-state index contributed by atoms with van der Waals surface area (Å²) in [7, 11) is 1.56. The summed E-state index contributed by atoms with van der Waals surface area (Å²) in [6.07, 6.45) is 0.0188. The van der Waals surface area contributed by atoms with Crippen LogP contribution in [0.1, 0.15) is 17.9 Å². The molecule has 2 rings (SSSR count). The van der Waals surface area contributed by atoms with Crippen LogP contribution in [-0.4, -0.2) is 53.8 Å². The molecule has 0 aromatic heterocycles. The van der Waals surface area contributed by atoms with Gasteiger partial charge in [-0.15, -0.1) is 0 Å². The molecule has 1 aliphatic rings. The SMILES string of the molecule is COc1ccccc1[C@@H]1CN(CCC(=O)O)C[C@H]1C(=O)O. The molecule has 0 saturated carbocycles. The first kappa shape index (κ1) is 15.3. The van der Waals surface area contributed by atoms with Gasteiger partial charge in [-0.3, -0.25) is 9.59 Å². The molecule has 0 radical (unpaired) electrons. The van der Waals surface area contributed by atoms with E-state index in [2.05, 4.69) is 0 Å². The summed E-state index contributed by atoms with van der Waals surface area (Å²) in [6.45, 7) is 1.26.